The van der Waals surface area contributed by atoms with Gasteiger partial charge in [-0.25, -0.2) is 0 Å². The quantitative estimate of drug-likeness (QED) is 0.446. The molecule has 0 heterocycles. The van der Waals surface area contributed by atoms with E-state index in [9.17, 15) is 0 Å². The van der Waals surface area contributed by atoms with Gasteiger partial charge < -0.3 is 4.43 Å². The van der Waals surface area contributed by atoms with Crippen molar-refractivity contribution in [1.82, 2.24) is 0 Å². The first-order chi connectivity index (χ1) is 4.56. The van der Waals surface area contributed by atoms with Crippen molar-refractivity contribution in [3.63, 3.8) is 0 Å². The summed E-state index contributed by atoms with van der Waals surface area (Å²) in [6.07, 6.45) is 8.52. The number of hydrogen-bond donors (Lipinski definition) is 0. The van der Waals surface area contributed by atoms with E-state index in [1.165, 1.54) is 0 Å². The molecule has 10 heavy (non-hydrogen) atoms. The highest BCUT2D eigenvalue weighted by Gasteiger charge is 2.11. The minimum absolute atomic E-state index is 0.653. The van der Waals surface area contributed by atoms with Gasteiger partial charge in [-0.2, -0.15) is 0 Å². The van der Waals surface area contributed by atoms with Crippen LogP contribution in [-0.2, 0) is 4.43 Å². The Morgan fingerprint density at radius 3 is 2.50 bits per heavy atom. The SMILES string of the molecule is C#C/C=C/CO[Si](C)(C)C. The van der Waals surface area contributed by atoms with E-state index < -0.39 is 8.32 Å². The largest absolute Gasteiger partial charge is 0.414 e. The van der Waals surface area contributed by atoms with Crippen LogP contribution in [0.2, 0.25) is 19.6 Å². The maximum atomic E-state index is 5.49. The van der Waals surface area contributed by atoms with Crippen molar-refractivity contribution in [2.24, 2.45) is 0 Å². The molecule has 0 saturated carbocycles. The van der Waals surface area contributed by atoms with Crippen LogP contribution in [0.5, 0.6) is 0 Å². The summed E-state index contributed by atoms with van der Waals surface area (Å²) in [5.41, 5.74) is 0. The van der Waals surface area contributed by atoms with Crippen LogP contribution in [0, 0.1) is 12.3 Å². The van der Waals surface area contributed by atoms with Crippen molar-refractivity contribution >= 4 is 8.32 Å². The summed E-state index contributed by atoms with van der Waals surface area (Å²) in [5, 5.41) is 0. The molecule has 0 spiro atoms. The molecule has 0 aliphatic rings. The number of terminal acetylenes is 1. The molecule has 0 radical (unpaired) electrons. The summed E-state index contributed by atoms with van der Waals surface area (Å²) >= 11 is 0. The molecule has 0 bridgehead atoms. The fourth-order valence-electron chi connectivity index (χ4n) is 0.414. The molecule has 0 aromatic carbocycles. The zero-order valence-corrected chi connectivity index (χ0v) is 7.85. The Morgan fingerprint density at radius 2 is 2.10 bits per heavy atom. The van der Waals surface area contributed by atoms with Crippen LogP contribution < -0.4 is 0 Å². The van der Waals surface area contributed by atoms with Gasteiger partial charge in [0, 0.05) is 0 Å². The van der Waals surface area contributed by atoms with Gasteiger partial charge >= 0.3 is 0 Å². The molecule has 0 aliphatic carbocycles. The van der Waals surface area contributed by atoms with E-state index in [-0.39, 0.29) is 0 Å². The molecular weight excluding hydrogens is 140 g/mol. The molecule has 0 amide bonds. The van der Waals surface area contributed by atoms with Crippen molar-refractivity contribution in [2.45, 2.75) is 19.6 Å². The Hall–Kier alpha value is -0.523. The van der Waals surface area contributed by atoms with Crippen molar-refractivity contribution in [3.8, 4) is 12.3 Å². The molecule has 0 rings (SSSR count). The predicted octanol–water partition coefficient (Wildman–Crippen LogP) is 2.03. The predicted molar refractivity (Wildman–Crippen MR) is 47.3 cm³/mol. The van der Waals surface area contributed by atoms with Gasteiger partial charge in [-0.1, -0.05) is 12.0 Å². The minimum atomic E-state index is -1.33. The molecule has 0 fully saturated rings. The first kappa shape index (κ1) is 9.48. The smallest absolute Gasteiger partial charge is 0.184 e. The molecule has 2 heteroatoms. The third-order valence-electron chi connectivity index (χ3n) is 0.827. The summed E-state index contributed by atoms with van der Waals surface area (Å²) in [6.45, 7) is 7.10. The molecule has 0 atom stereocenters. The van der Waals surface area contributed by atoms with E-state index in [1.807, 2.05) is 6.08 Å². The second kappa shape index (κ2) is 4.32. The second-order valence-corrected chi connectivity index (χ2v) is 7.51. The van der Waals surface area contributed by atoms with Crippen LogP contribution in [0.3, 0.4) is 0 Å². The zero-order valence-electron chi connectivity index (χ0n) is 6.85. The fraction of sp³-hybridized carbons (Fsp3) is 0.500. The lowest BCUT2D eigenvalue weighted by Crippen LogP contribution is -2.25. The molecular formula is C8H14OSi. The van der Waals surface area contributed by atoms with Gasteiger partial charge in [-0.15, -0.1) is 6.42 Å². The Morgan fingerprint density at radius 1 is 1.50 bits per heavy atom. The topological polar surface area (TPSA) is 9.23 Å². The number of allylic oxidation sites excluding steroid dienone is 1. The lowest BCUT2D eigenvalue weighted by Gasteiger charge is -2.14. The van der Waals surface area contributed by atoms with E-state index in [2.05, 4.69) is 25.6 Å². The average Bonchev–Trinajstić information content (AvgIpc) is 1.78. The average molecular weight is 154 g/mol. The lowest BCUT2D eigenvalue weighted by molar-refractivity contribution is 0.357. The molecule has 0 aromatic heterocycles. The molecule has 0 aliphatic heterocycles. The first-order valence-corrected chi connectivity index (χ1v) is 6.72. The van der Waals surface area contributed by atoms with Gasteiger partial charge in [-0.05, 0) is 25.7 Å². The van der Waals surface area contributed by atoms with E-state index in [0.717, 1.165) is 0 Å². The van der Waals surface area contributed by atoms with Gasteiger partial charge in [0.2, 0.25) is 0 Å². The Bertz CT molecular complexity index is 148. The second-order valence-electron chi connectivity index (χ2n) is 2.99. The Balaban J connectivity index is 3.40. The van der Waals surface area contributed by atoms with Crippen molar-refractivity contribution in [1.29, 1.82) is 0 Å². The number of hydrogen-bond acceptors (Lipinski definition) is 1. The Kier molecular flexibility index (Phi) is 4.09. The first-order valence-electron chi connectivity index (χ1n) is 3.31. The molecule has 56 valence electrons. The highest BCUT2D eigenvalue weighted by molar-refractivity contribution is 6.69. The summed E-state index contributed by atoms with van der Waals surface area (Å²) in [4.78, 5) is 0. The third kappa shape index (κ3) is 7.48. The van der Waals surface area contributed by atoms with Crippen LogP contribution in [0.25, 0.3) is 0 Å². The van der Waals surface area contributed by atoms with E-state index in [1.54, 1.807) is 6.08 Å². The van der Waals surface area contributed by atoms with Crippen molar-refractivity contribution in [3.05, 3.63) is 12.2 Å². The maximum absolute atomic E-state index is 5.49. The van der Waals surface area contributed by atoms with E-state index in [4.69, 9.17) is 10.8 Å². The summed E-state index contributed by atoms with van der Waals surface area (Å²) in [6, 6.07) is 0. The maximum Gasteiger partial charge on any atom is 0.184 e. The van der Waals surface area contributed by atoms with Crippen LogP contribution in [0.1, 0.15) is 0 Å². The van der Waals surface area contributed by atoms with E-state index in [0.29, 0.717) is 6.61 Å². The molecule has 1 nitrogen and oxygen atoms in total. The summed E-state index contributed by atoms with van der Waals surface area (Å²) in [7, 11) is -1.33. The Labute approximate surface area is 64.2 Å². The van der Waals surface area contributed by atoms with Crippen LogP contribution >= 0.6 is 0 Å². The fourth-order valence-corrected chi connectivity index (χ4v) is 1.01. The highest BCUT2D eigenvalue weighted by Crippen LogP contribution is 2.01. The van der Waals surface area contributed by atoms with Crippen LogP contribution in [-0.4, -0.2) is 14.9 Å². The summed E-state index contributed by atoms with van der Waals surface area (Å²) in [5.74, 6) is 2.41. The molecule has 0 saturated heterocycles. The third-order valence-corrected chi connectivity index (χ3v) is 1.86. The van der Waals surface area contributed by atoms with Crippen molar-refractivity contribution in [2.75, 3.05) is 6.61 Å². The lowest BCUT2D eigenvalue weighted by atomic mass is 10.5. The molecule has 0 aromatic rings. The van der Waals surface area contributed by atoms with Crippen LogP contribution in [0.4, 0.5) is 0 Å². The van der Waals surface area contributed by atoms with Gasteiger partial charge in [0.05, 0.1) is 6.61 Å². The van der Waals surface area contributed by atoms with Gasteiger partial charge in [0.15, 0.2) is 8.32 Å². The zero-order chi connectivity index (χ0) is 8.04. The monoisotopic (exact) mass is 154 g/mol. The van der Waals surface area contributed by atoms with Gasteiger partial charge in [0.1, 0.15) is 0 Å². The van der Waals surface area contributed by atoms with Crippen LogP contribution in [0.15, 0.2) is 12.2 Å². The standard InChI is InChI=1S/C8H14OSi/c1-5-6-7-8-9-10(2,3)4/h1,6-7H,8H2,2-4H3/b7-6+. The molecule has 0 N–H and O–H groups in total. The number of rotatable bonds is 3. The van der Waals surface area contributed by atoms with Gasteiger partial charge in [-0.3, -0.25) is 0 Å². The van der Waals surface area contributed by atoms with Gasteiger partial charge in [0.25, 0.3) is 0 Å². The normalized spacial score (nSPS) is 11.8. The van der Waals surface area contributed by atoms with E-state index >= 15 is 0 Å². The van der Waals surface area contributed by atoms with Crippen molar-refractivity contribution < 1.29 is 4.43 Å². The minimum Gasteiger partial charge on any atom is -0.414 e. The molecule has 0 unspecified atom stereocenters. The summed E-state index contributed by atoms with van der Waals surface area (Å²) < 4.78 is 5.49. The highest BCUT2D eigenvalue weighted by atomic mass is 28.4.